The van der Waals surface area contributed by atoms with Crippen LogP contribution in [0.15, 0.2) is 30.3 Å². The second-order valence-corrected chi connectivity index (χ2v) is 6.02. The largest absolute Gasteiger partial charge is 0.351 e. The third-order valence-corrected chi connectivity index (χ3v) is 4.13. The predicted molar refractivity (Wildman–Crippen MR) is 96.8 cm³/mol. The molecule has 130 valence electrons. The van der Waals surface area contributed by atoms with Crippen molar-refractivity contribution in [1.82, 2.24) is 15.5 Å². The van der Waals surface area contributed by atoms with E-state index in [2.05, 4.69) is 29.4 Å². The van der Waals surface area contributed by atoms with Gasteiger partial charge in [-0.15, -0.1) is 0 Å². The molecule has 1 aromatic rings. The lowest BCUT2D eigenvalue weighted by molar-refractivity contribution is -0.116. The van der Waals surface area contributed by atoms with Gasteiger partial charge in [0, 0.05) is 30.8 Å². The molecule has 2 N–H and O–H groups in total. The summed E-state index contributed by atoms with van der Waals surface area (Å²) in [6.45, 7) is 7.70. The van der Waals surface area contributed by atoms with Crippen LogP contribution in [-0.2, 0) is 4.79 Å². The molecule has 0 spiro atoms. The average Bonchev–Trinajstić information content (AvgIpc) is 3.41. The molecule has 2 amide bonds. The van der Waals surface area contributed by atoms with Gasteiger partial charge in [0.1, 0.15) is 0 Å². The molecule has 0 heterocycles. The van der Waals surface area contributed by atoms with Crippen LogP contribution in [0.25, 0.3) is 6.08 Å². The van der Waals surface area contributed by atoms with Gasteiger partial charge in [0.25, 0.3) is 5.91 Å². The number of carbonyl (C=O) groups excluding carboxylic acids is 2. The van der Waals surface area contributed by atoms with Crippen LogP contribution in [0.2, 0.25) is 0 Å². The first-order valence-electron chi connectivity index (χ1n) is 8.71. The summed E-state index contributed by atoms with van der Waals surface area (Å²) >= 11 is 0. The topological polar surface area (TPSA) is 61.4 Å². The van der Waals surface area contributed by atoms with Gasteiger partial charge >= 0.3 is 0 Å². The quantitative estimate of drug-likeness (QED) is 0.682. The summed E-state index contributed by atoms with van der Waals surface area (Å²) in [5.41, 5.74) is 1.56. The molecule has 0 saturated heterocycles. The Morgan fingerprint density at radius 2 is 1.83 bits per heavy atom. The van der Waals surface area contributed by atoms with Crippen molar-refractivity contribution in [3.8, 4) is 0 Å². The van der Waals surface area contributed by atoms with Gasteiger partial charge in [0.05, 0.1) is 0 Å². The molecule has 1 aliphatic carbocycles. The minimum absolute atomic E-state index is 0.0258. The molecule has 1 fully saturated rings. The van der Waals surface area contributed by atoms with Crippen molar-refractivity contribution < 1.29 is 9.59 Å². The van der Waals surface area contributed by atoms with Crippen molar-refractivity contribution in [3.63, 3.8) is 0 Å². The van der Waals surface area contributed by atoms with Crippen molar-refractivity contribution in [3.05, 3.63) is 41.5 Å². The second-order valence-electron chi connectivity index (χ2n) is 6.02. The second kappa shape index (κ2) is 9.23. The number of carbonyl (C=O) groups is 2. The highest BCUT2D eigenvalue weighted by atomic mass is 16.2. The molecule has 0 radical (unpaired) electrons. The van der Waals surface area contributed by atoms with E-state index in [4.69, 9.17) is 0 Å². The molecule has 2 rings (SSSR count). The summed E-state index contributed by atoms with van der Waals surface area (Å²) in [6, 6.07) is 7.63. The molecule has 0 aliphatic heterocycles. The average molecular weight is 329 g/mol. The van der Waals surface area contributed by atoms with E-state index in [0.717, 1.165) is 38.0 Å². The predicted octanol–water partition coefficient (Wildman–Crippen LogP) is 2.05. The minimum atomic E-state index is -0.0993. The third-order valence-electron chi connectivity index (χ3n) is 4.13. The summed E-state index contributed by atoms with van der Waals surface area (Å²) in [7, 11) is 0. The number of rotatable bonds is 9. The highest BCUT2D eigenvalue weighted by Crippen LogP contribution is 2.19. The molecular weight excluding hydrogens is 302 g/mol. The van der Waals surface area contributed by atoms with Gasteiger partial charge < -0.3 is 15.5 Å². The third kappa shape index (κ3) is 6.16. The molecule has 0 bridgehead atoms. The molecule has 1 aliphatic rings. The lowest BCUT2D eigenvalue weighted by Crippen LogP contribution is -2.34. The number of nitrogens with zero attached hydrogens (tertiary/aromatic N) is 1. The highest BCUT2D eigenvalue weighted by Gasteiger charge is 2.23. The van der Waals surface area contributed by atoms with Crippen LogP contribution in [0.5, 0.6) is 0 Å². The van der Waals surface area contributed by atoms with Gasteiger partial charge in [-0.1, -0.05) is 26.0 Å². The molecule has 0 aromatic heterocycles. The number of nitrogens with one attached hydrogen (secondary N) is 2. The first kappa shape index (κ1) is 18.2. The van der Waals surface area contributed by atoms with Crippen LogP contribution in [0.3, 0.4) is 0 Å². The van der Waals surface area contributed by atoms with Crippen LogP contribution >= 0.6 is 0 Å². The van der Waals surface area contributed by atoms with Gasteiger partial charge in [-0.25, -0.2) is 0 Å². The Morgan fingerprint density at radius 3 is 2.42 bits per heavy atom. The molecule has 0 unspecified atom stereocenters. The Hall–Kier alpha value is -2.14. The van der Waals surface area contributed by atoms with E-state index in [9.17, 15) is 9.59 Å². The van der Waals surface area contributed by atoms with E-state index in [1.165, 1.54) is 6.08 Å². The molecule has 1 saturated carbocycles. The summed E-state index contributed by atoms with van der Waals surface area (Å²) in [4.78, 5) is 26.0. The standard InChI is InChI=1S/C19H27N3O2/c1-3-22(4-2)14-13-20-18(23)12-7-15-5-8-16(9-6-15)19(24)21-17-10-11-17/h5-9,12,17H,3-4,10-11,13-14H2,1-2H3,(H,20,23)(H,21,24)/b12-7+. The Bertz CT molecular complexity index is 573. The minimum Gasteiger partial charge on any atom is -0.351 e. The normalized spacial score (nSPS) is 14.1. The van der Waals surface area contributed by atoms with E-state index in [-0.39, 0.29) is 11.8 Å². The summed E-state index contributed by atoms with van der Waals surface area (Å²) < 4.78 is 0. The van der Waals surface area contributed by atoms with E-state index >= 15 is 0 Å². The van der Waals surface area contributed by atoms with Crippen LogP contribution in [0.1, 0.15) is 42.6 Å². The number of benzene rings is 1. The molecule has 24 heavy (non-hydrogen) atoms. The van der Waals surface area contributed by atoms with Crippen molar-refractivity contribution >= 4 is 17.9 Å². The van der Waals surface area contributed by atoms with Crippen LogP contribution in [0.4, 0.5) is 0 Å². The maximum absolute atomic E-state index is 11.9. The first-order chi connectivity index (χ1) is 11.6. The van der Waals surface area contributed by atoms with E-state index < -0.39 is 0 Å². The molecular formula is C19H27N3O2. The SMILES string of the molecule is CCN(CC)CCNC(=O)/C=C/c1ccc(C(=O)NC2CC2)cc1. The highest BCUT2D eigenvalue weighted by molar-refractivity contribution is 5.95. The zero-order valence-corrected chi connectivity index (χ0v) is 14.5. The zero-order valence-electron chi connectivity index (χ0n) is 14.5. The van der Waals surface area contributed by atoms with Crippen molar-refractivity contribution in [1.29, 1.82) is 0 Å². The lowest BCUT2D eigenvalue weighted by Gasteiger charge is -2.17. The van der Waals surface area contributed by atoms with Crippen LogP contribution < -0.4 is 10.6 Å². The maximum Gasteiger partial charge on any atom is 0.251 e. The smallest absolute Gasteiger partial charge is 0.251 e. The Kier molecular flexibility index (Phi) is 7.00. The molecule has 0 atom stereocenters. The lowest BCUT2D eigenvalue weighted by atomic mass is 10.1. The fraction of sp³-hybridized carbons (Fsp3) is 0.474. The zero-order chi connectivity index (χ0) is 17.4. The summed E-state index contributed by atoms with van der Waals surface area (Å²) in [5, 5.41) is 5.84. The summed E-state index contributed by atoms with van der Waals surface area (Å²) in [6.07, 6.45) is 5.45. The Balaban J connectivity index is 1.76. The van der Waals surface area contributed by atoms with Gasteiger partial charge in [-0.05, 0) is 49.7 Å². The number of amides is 2. The number of likely N-dealkylation sites (N-methyl/N-ethyl adjacent to an activating group) is 1. The first-order valence-corrected chi connectivity index (χ1v) is 8.71. The van der Waals surface area contributed by atoms with Crippen molar-refractivity contribution in [2.75, 3.05) is 26.2 Å². The summed E-state index contributed by atoms with van der Waals surface area (Å²) in [5.74, 6) is -0.125. The van der Waals surface area contributed by atoms with Gasteiger partial charge in [0.2, 0.25) is 5.91 Å². The fourth-order valence-electron chi connectivity index (χ4n) is 2.35. The maximum atomic E-state index is 11.9. The molecule has 1 aromatic carbocycles. The van der Waals surface area contributed by atoms with Crippen LogP contribution in [-0.4, -0.2) is 48.9 Å². The van der Waals surface area contributed by atoms with Crippen LogP contribution in [0, 0.1) is 0 Å². The van der Waals surface area contributed by atoms with Crippen molar-refractivity contribution in [2.24, 2.45) is 0 Å². The molecule has 5 nitrogen and oxygen atoms in total. The monoisotopic (exact) mass is 329 g/mol. The fourth-order valence-corrected chi connectivity index (χ4v) is 2.35. The van der Waals surface area contributed by atoms with E-state index in [0.29, 0.717) is 18.2 Å². The van der Waals surface area contributed by atoms with Gasteiger partial charge in [-0.2, -0.15) is 0 Å². The number of hydrogen-bond acceptors (Lipinski definition) is 3. The Morgan fingerprint density at radius 1 is 1.17 bits per heavy atom. The number of hydrogen-bond donors (Lipinski definition) is 2. The van der Waals surface area contributed by atoms with E-state index in [1.54, 1.807) is 18.2 Å². The van der Waals surface area contributed by atoms with Gasteiger partial charge in [0.15, 0.2) is 0 Å². The van der Waals surface area contributed by atoms with E-state index in [1.807, 2.05) is 12.1 Å². The van der Waals surface area contributed by atoms with Gasteiger partial charge in [-0.3, -0.25) is 9.59 Å². The Labute approximate surface area is 144 Å². The molecule has 5 heteroatoms. The van der Waals surface area contributed by atoms with Crippen molar-refractivity contribution in [2.45, 2.75) is 32.7 Å².